The van der Waals surface area contributed by atoms with Gasteiger partial charge in [-0.1, -0.05) is 43.5 Å². The summed E-state index contributed by atoms with van der Waals surface area (Å²) in [5.74, 6) is 0.742. The van der Waals surface area contributed by atoms with Gasteiger partial charge in [-0.05, 0) is 36.3 Å². The first kappa shape index (κ1) is 20.0. The highest BCUT2D eigenvalue weighted by Gasteiger charge is 2.26. The number of aryl methyl sites for hydroxylation is 1. The number of morpholine rings is 1. The van der Waals surface area contributed by atoms with Gasteiger partial charge >= 0.3 is 6.03 Å². The van der Waals surface area contributed by atoms with Crippen LogP contribution in [0, 0.1) is 0 Å². The molecule has 0 radical (unpaired) electrons. The Kier molecular flexibility index (Phi) is 6.49. The molecule has 4 rings (SSSR count). The summed E-state index contributed by atoms with van der Waals surface area (Å²) in [7, 11) is 1.89. The van der Waals surface area contributed by atoms with Gasteiger partial charge in [0, 0.05) is 31.9 Å². The second-order valence-corrected chi connectivity index (χ2v) is 8.31. The zero-order chi connectivity index (χ0) is 20.1. The molecule has 2 amide bonds. The molecule has 6 heteroatoms. The molecule has 1 aromatic heterocycles. The highest BCUT2D eigenvalue weighted by Crippen LogP contribution is 2.32. The van der Waals surface area contributed by atoms with E-state index in [-0.39, 0.29) is 12.1 Å². The van der Waals surface area contributed by atoms with Crippen LogP contribution >= 0.6 is 0 Å². The summed E-state index contributed by atoms with van der Waals surface area (Å²) in [6, 6.07) is 9.01. The first-order valence-electron chi connectivity index (χ1n) is 10.9. The van der Waals surface area contributed by atoms with Crippen LogP contribution in [-0.4, -0.2) is 47.0 Å². The van der Waals surface area contributed by atoms with E-state index in [2.05, 4.69) is 34.7 Å². The van der Waals surface area contributed by atoms with Crippen LogP contribution in [0.15, 0.2) is 36.7 Å². The lowest BCUT2D eigenvalue weighted by molar-refractivity contribution is -0.0154. The van der Waals surface area contributed by atoms with E-state index < -0.39 is 0 Å². The van der Waals surface area contributed by atoms with Crippen molar-refractivity contribution in [3.05, 3.63) is 53.3 Å². The minimum absolute atomic E-state index is 0.0129. The minimum atomic E-state index is -0.101. The summed E-state index contributed by atoms with van der Waals surface area (Å²) in [5, 5.41) is 7.26. The Labute approximate surface area is 173 Å². The van der Waals surface area contributed by atoms with Gasteiger partial charge in [-0.25, -0.2) is 4.79 Å². The van der Waals surface area contributed by atoms with Crippen molar-refractivity contribution in [1.82, 2.24) is 20.0 Å². The van der Waals surface area contributed by atoms with Crippen LogP contribution in [0.4, 0.5) is 4.79 Å². The molecule has 1 N–H and O–H groups in total. The summed E-state index contributed by atoms with van der Waals surface area (Å²) in [6.45, 7) is 2.39. The molecule has 1 aliphatic carbocycles. The molecule has 29 heavy (non-hydrogen) atoms. The predicted molar refractivity (Wildman–Crippen MR) is 113 cm³/mol. The van der Waals surface area contributed by atoms with Crippen molar-refractivity contribution in [2.75, 3.05) is 26.2 Å². The van der Waals surface area contributed by atoms with Crippen molar-refractivity contribution in [2.45, 2.75) is 50.5 Å². The number of carbonyl (C=O) groups is 1. The number of benzene rings is 1. The molecule has 1 unspecified atom stereocenters. The van der Waals surface area contributed by atoms with Gasteiger partial charge in [0.15, 0.2) is 0 Å². The Morgan fingerprint density at radius 3 is 2.69 bits per heavy atom. The minimum Gasteiger partial charge on any atom is -0.370 e. The fourth-order valence-electron chi connectivity index (χ4n) is 4.46. The molecule has 156 valence electrons. The molecule has 2 fully saturated rings. The molecule has 0 spiro atoms. The number of rotatable bonds is 5. The van der Waals surface area contributed by atoms with Crippen molar-refractivity contribution in [2.24, 2.45) is 7.05 Å². The largest absolute Gasteiger partial charge is 0.370 e. The van der Waals surface area contributed by atoms with Crippen LogP contribution in [0.25, 0.3) is 0 Å². The van der Waals surface area contributed by atoms with Crippen LogP contribution in [-0.2, 0) is 18.2 Å². The molecule has 1 saturated heterocycles. The van der Waals surface area contributed by atoms with E-state index >= 15 is 0 Å². The second-order valence-electron chi connectivity index (χ2n) is 8.31. The first-order chi connectivity index (χ1) is 14.2. The van der Waals surface area contributed by atoms with Gasteiger partial charge in [-0.15, -0.1) is 0 Å². The number of ether oxygens (including phenoxy) is 1. The zero-order valence-electron chi connectivity index (χ0n) is 17.3. The monoisotopic (exact) mass is 396 g/mol. The van der Waals surface area contributed by atoms with Gasteiger partial charge in [-0.2, -0.15) is 5.10 Å². The average molecular weight is 397 g/mol. The lowest BCUT2D eigenvalue weighted by Gasteiger charge is -2.32. The number of urea groups is 1. The van der Waals surface area contributed by atoms with Crippen LogP contribution in [0.1, 0.15) is 60.8 Å². The Hall–Kier alpha value is -2.34. The van der Waals surface area contributed by atoms with Gasteiger partial charge in [0.2, 0.25) is 0 Å². The van der Waals surface area contributed by atoms with Crippen molar-refractivity contribution < 1.29 is 9.53 Å². The summed E-state index contributed by atoms with van der Waals surface area (Å²) in [5.41, 5.74) is 3.77. The topological polar surface area (TPSA) is 59.4 Å². The summed E-state index contributed by atoms with van der Waals surface area (Å²) >= 11 is 0. The Bertz CT molecular complexity index is 795. The maximum atomic E-state index is 12.6. The first-order valence-corrected chi connectivity index (χ1v) is 10.9. The number of amides is 2. The number of nitrogens with one attached hydrogen (secondary N) is 1. The fraction of sp³-hybridized carbons (Fsp3) is 0.565. The normalized spacial score (nSPS) is 20.6. The van der Waals surface area contributed by atoms with Gasteiger partial charge in [0.25, 0.3) is 0 Å². The smallest absolute Gasteiger partial charge is 0.317 e. The van der Waals surface area contributed by atoms with Gasteiger partial charge in [0.1, 0.15) is 6.10 Å². The van der Waals surface area contributed by atoms with E-state index in [0.29, 0.717) is 26.2 Å². The quantitative estimate of drug-likeness (QED) is 0.836. The average Bonchev–Trinajstić information content (AvgIpc) is 3.21. The Balaban J connectivity index is 1.23. The molecule has 2 aromatic rings. The molecule has 1 aromatic carbocycles. The van der Waals surface area contributed by atoms with Crippen LogP contribution < -0.4 is 5.32 Å². The van der Waals surface area contributed by atoms with E-state index in [1.807, 2.05) is 24.3 Å². The van der Waals surface area contributed by atoms with Crippen molar-refractivity contribution >= 4 is 6.03 Å². The third kappa shape index (κ3) is 5.18. The number of hydrogen-bond acceptors (Lipinski definition) is 3. The van der Waals surface area contributed by atoms with Gasteiger partial charge < -0.3 is 15.0 Å². The zero-order valence-corrected chi connectivity index (χ0v) is 17.3. The molecular weight excluding hydrogens is 364 g/mol. The van der Waals surface area contributed by atoms with E-state index in [1.54, 1.807) is 4.68 Å². The second kappa shape index (κ2) is 9.44. The number of carbonyl (C=O) groups excluding carboxylic acids is 1. The number of nitrogens with zero attached hydrogens (tertiary/aromatic N) is 3. The number of hydrogen-bond donors (Lipinski definition) is 1. The third-order valence-corrected chi connectivity index (χ3v) is 6.20. The molecule has 2 aliphatic rings. The molecule has 1 atom stereocenters. The summed E-state index contributed by atoms with van der Waals surface area (Å²) < 4.78 is 7.58. The molecule has 6 nitrogen and oxygen atoms in total. The van der Waals surface area contributed by atoms with Crippen molar-refractivity contribution in [1.29, 1.82) is 0 Å². The SMILES string of the molecule is Cn1cc(C2CN(C(=O)NCCc3ccc(C4CCCCC4)cc3)CCO2)cn1. The van der Waals surface area contributed by atoms with Crippen LogP contribution in [0.2, 0.25) is 0 Å². The van der Waals surface area contributed by atoms with Crippen LogP contribution in [0.5, 0.6) is 0 Å². The third-order valence-electron chi connectivity index (χ3n) is 6.20. The van der Waals surface area contributed by atoms with Crippen molar-refractivity contribution in [3.8, 4) is 0 Å². The van der Waals surface area contributed by atoms with E-state index in [4.69, 9.17) is 4.74 Å². The Morgan fingerprint density at radius 2 is 1.97 bits per heavy atom. The van der Waals surface area contributed by atoms with Gasteiger partial charge in [0.05, 0.1) is 19.3 Å². The lowest BCUT2D eigenvalue weighted by Crippen LogP contribution is -2.47. The Morgan fingerprint density at radius 1 is 1.17 bits per heavy atom. The molecular formula is C23H32N4O2. The maximum Gasteiger partial charge on any atom is 0.317 e. The maximum absolute atomic E-state index is 12.6. The van der Waals surface area contributed by atoms with Crippen LogP contribution in [0.3, 0.4) is 0 Å². The summed E-state index contributed by atoms with van der Waals surface area (Å²) in [6.07, 6.45) is 11.3. The number of aromatic nitrogens is 2. The molecule has 1 aliphatic heterocycles. The van der Waals surface area contributed by atoms with E-state index in [0.717, 1.165) is 17.9 Å². The molecule has 2 heterocycles. The molecule has 0 bridgehead atoms. The van der Waals surface area contributed by atoms with E-state index in [1.165, 1.54) is 43.2 Å². The van der Waals surface area contributed by atoms with E-state index in [9.17, 15) is 4.79 Å². The predicted octanol–water partition coefficient (Wildman–Crippen LogP) is 3.79. The standard InChI is InChI=1S/C23H32N4O2/c1-26-16-21(15-25-26)22-17-27(13-14-29-22)23(28)24-12-11-18-7-9-20(10-8-18)19-5-3-2-4-6-19/h7-10,15-16,19,22H,2-6,11-14,17H2,1H3,(H,24,28). The van der Waals surface area contributed by atoms with Gasteiger partial charge in [-0.3, -0.25) is 4.68 Å². The molecule has 1 saturated carbocycles. The highest BCUT2D eigenvalue weighted by atomic mass is 16.5. The van der Waals surface area contributed by atoms with Crippen molar-refractivity contribution in [3.63, 3.8) is 0 Å². The summed E-state index contributed by atoms with van der Waals surface area (Å²) in [4.78, 5) is 14.4. The highest BCUT2D eigenvalue weighted by molar-refractivity contribution is 5.74. The fourth-order valence-corrected chi connectivity index (χ4v) is 4.46. The lowest BCUT2D eigenvalue weighted by atomic mass is 9.84.